The van der Waals surface area contributed by atoms with Crippen LogP contribution in [0.25, 0.3) is 0 Å². The zero-order valence-corrected chi connectivity index (χ0v) is 12.5. The lowest BCUT2D eigenvalue weighted by Crippen LogP contribution is -2.57. The maximum absolute atomic E-state index is 11.8. The van der Waals surface area contributed by atoms with E-state index in [1.165, 1.54) is 11.8 Å². The third-order valence-corrected chi connectivity index (χ3v) is 3.10. The van der Waals surface area contributed by atoms with Crippen molar-refractivity contribution in [2.75, 3.05) is 6.54 Å². The second-order valence-electron chi connectivity index (χ2n) is 5.80. The number of carbonyl (C=O) groups is 2. The fourth-order valence-corrected chi connectivity index (χ4v) is 2.77. The van der Waals surface area contributed by atoms with Crippen LogP contribution in [0.15, 0.2) is 0 Å². The molecule has 0 aliphatic rings. The summed E-state index contributed by atoms with van der Waals surface area (Å²) in [4.78, 5) is 25.1. The molecule has 0 aromatic rings. The lowest BCUT2D eigenvalue weighted by atomic mass is 9.80. The lowest BCUT2D eigenvalue weighted by Gasteiger charge is -2.42. The molecule has 4 heteroatoms. The van der Waals surface area contributed by atoms with Gasteiger partial charge in [0.2, 0.25) is 5.91 Å². The summed E-state index contributed by atoms with van der Waals surface area (Å²) in [6.45, 7) is 11.7. The Morgan fingerprint density at radius 3 is 1.67 bits per heavy atom. The maximum atomic E-state index is 11.8. The highest BCUT2D eigenvalue weighted by atomic mass is 16.4. The van der Waals surface area contributed by atoms with Gasteiger partial charge in [0.15, 0.2) is 0 Å². The molecule has 18 heavy (non-hydrogen) atoms. The van der Waals surface area contributed by atoms with Crippen molar-refractivity contribution in [3.63, 3.8) is 0 Å². The molecular formula is C14H27NO3. The van der Waals surface area contributed by atoms with E-state index in [0.717, 1.165) is 0 Å². The number of carboxylic acid groups (broad SMARTS) is 1. The number of carbonyl (C=O) groups excluding carboxylic acids is 1. The summed E-state index contributed by atoms with van der Waals surface area (Å²) >= 11 is 0. The van der Waals surface area contributed by atoms with E-state index in [1.807, 2.05) is 34.6 Å². The van der Waals surface area contributed by atoms with Gasteiger partial charge >= 0.3 is 5.97 Å². The van der Waals surface area contributed by atoms with Crippen molar-refractivity contribution in [3.8, 4) is 0 Å². The summed E-state index contributed by atoms with van der Waals surface area (Å²) in [5.41, 5.74) is -1.07. The van der Waals surface area contributed by atoms with Gasteiger partial charge in [0.25, 0.3) is 0 Å². The Morgan fingerprint density at radius 2 is 1.50 bits per heavy atom. The smallest absolute Gasteiger partial charge is 0.329 e. The number of hydrogen-bond acceptors (Lipinski definition) is 2. The first kappa shape index (κ1) is 16.9. The van der Waals surface area contributed by atoms with Gasteiger partial charge in [-0.3, -0.25) is 4.79 Å². The minimum atomic E-state index is -1.07. The molecule has 0 heterocycles. The van der Waals surface area contributed by atoms with E-state index in [2.05, 4.69) is 0 Å². The van der Waals surface area contributed by atoms with Gasteiger partial charge in [-0.05, 0) is 31.6 Å². The predicted octanol–water partition coefficient (Wildman–Crippen LogP) is 2.77. The van der Waals surface area contributed by atoms with Crippen molar-refractivity contribution in [3.05, 3.63) is 0 Å². The summed E-state index contributed by atoms with van der Waals surface area (Å²) in [5, 5.41) is 9.68. The average molecular weight is 257 g/mol. The zero-order chi connectivity index (χ0) is 14.5. The Morgan fingerprint density at radius 1 is 1.11 bits per heavy atom. The SMILES string of the molecule is CCN(C(C)=O)C(CC(C)C)(CC(C)C)C(=O)O. The lowest BCUT2D eigenvalue weighted by molar-refractivity contribution is -0.161. The standard InChI is InChI=1S/C14H27NO3/c1-7-15(12(6)16)14(13(17)18,8-10(2)3)9-11(4)5/h10-11H,7-9H2,1-6H3,(H,17,18). The second kappa shape index (κ2) is 6.76. The molecule has 0 aromatic carbocycles. The molecule has 0 radical (unpaired) electrons. The Hall–Kier alpha value is -1.06. The molecule has 0 aliphatic carbocycles. The summed E-state index contributed by atoms with van der Waals surface area (Å²) < 4.78 is 0. The van der Waals surface area contributed by atoms with E-state index in [1.54, 1.807) is 0 Å². The van der Waals surface area contributed by atoms with Gasteiger partial charge in [-0.15, -0.1) is 0 Å². The molecule has 0 unspecified atom stereocenters. The highest BCUT2D eigenvalue weighted by molar-refractivity contribution is 5.86. The summed E-state index contributed by atoms with van der Waals surface area (Å²) in [6, 6.07) is 0. The highest BCUT2D eigenvalue weighted by Gasteiger charge is 2.45. The van der Waals surface area contributed by atoms with Crippen molar-refractivity contribution in [1.82, 2.24) is 4.90 Å². The number of aliphatic carboxylic acids is 1. The minimum Gasteiger partial charge on any atom is -0.479 e. The summed E-state index contributed by atoms with van der Waals surface area (Å²) in [5.74, 6) is -0.593. The fraction of sp³-hybridized carbons (Fsp3) is 0.857. The molecule has 0 atom stereocenters. The first-order valence-electron chi connectivity index (χ1n) is 6.69. The molecule has 0 spiro atoms. The van der Waals surface area contributed by atoms with E-state index in [0.29, 0.717) is 19.4 Å². The molecular weight excluding hydrogens is 230 g/mol. The maximum Gasteiger partial charge on any atom is 0.329 e. The Balaban J connectivity index is 5.56. The van der Waals surface area contributed by atoms with Crippen LogP contribution in [0, 0.1) is 11.8 Å². The quantitative estimate of drug-likeness (QED) is 0.763. The topological polar surface area (TPSA) is 57.6 Å². The molecule has 0 bridgehead atoms. The monoisotopic (exact) mass is 257 g/mol. The summed E-state index contributed by atoms with van der Waals surface area (Å²) in [7, 11) is 0. The number of amides is 1. The minimum absolute atomic E-state index is 0.166. The molecule has 1 amide bonds. The molecule has 0 saturated carbocycles. The number of rotatable bonds is 7. The Kier molecular flexibility index (Phi) is 6.36. The summed E-state index contributed by atoms with van der Waals surface area (Å²) in [6.07, 6.45) is 0.988. The van der Waals surface area contributed by atoms with Crippen molar-refractivity contribution >= 4 is 11.9 Å². The van der Waals surface area contributed by atoms with Gasteiger partial charge in [-0.1, -0.05) is 27.7 Å². The first-order chi connectivity index (χ1) is 8.17. The fourth-order valence-electron chi connectivity index (χ4n) is 2.77. The van der Waals surface area contributed by atoms with Crippen LogP contribution in [0.2, 0.25) is 0 Å². The Labute approximate surface area is 110 Å². The van der Waals surface area contributed by atoms with Crippen molar-refractivity contribution in [2.45, 2.75) is 59.9 Å². The van der Waals surface area contributed by atoms with Gasteiger partial charge in [-0.25, -0.2) is 4.79 Å². The molecule has 0 rings (SSSR count). The largest absolute Gasteiger partial charge is 0.479 e. The van der Waals surface area contributed by atoms with Crippen LogP contribution in [0.4, 0.5) is 0 Å². The highest BCUT2D eigenvalue weighted by Crippen LogP contribution is 2.32. The molecule has 4 nitrogen and oxygen atoms in total. The van der Waals surface area contributed by atoms with Crippen LogP contribution in [0.1, 0.15) is 54.4 Å². The molecule has 0 saturated heterocycles. The van der Waals surface area contributed by atoms with E-state index in [-0.39, 0.29) is 17.7 Å². The molecule has 1 N–H and O–H groups in total. The van der Waals surface area contributed by atoms with E-state index < -0.39 is 11.5 Å². The van der Waals surface area contributed by atoms with Gasteiger partial charge in [0, 0.05) is 13.5 Å². The number of carboxylic acids is 1. The first-order valence-corrected chi connectivity index (χ1v) is 6.69. The van der Waals surface area contributed by atoms with Crippen LogP contribution in [-0.4, -0.2) is 34.0 Å². The van der Waals surface area contributed by atoms with Crippen LogP contribution in [0.5, 0.6) is 0 Å². The van der Waals surface area contributed by atoms with E-state index in [9.17, 15) is 14.7 Å². The van der Waals surface area contributed by atoms with Gasteiger partial charge in [-0.2, -0.15) is 0 Å². The molecule has 106 valence electrons. The third-order valence-electron chi connectivity index (χ3n) is 3.10. The van der Waals surface area contributed by atoms with Gasteiger partial charge in [0.05, 0.1) is 0 Å². The third kappa shape index (κ3) is 4.00. The van der Waals surface area contributed by atoms with Crippen molar-refractivity contribution in [2.24, 2.45) is 11.8 Å². The second-order valence-corrected chi connectivity index (χ2v) is 5.80. The van der Waals surface area contributed by atoms with E-state index in [4.69, 9.17) is 0 Å². The number of nitrogens with zero attached hydrogens (tertiary/aromatic N) is 1. The molecule has 0 aliphatic heterocycles. The van der Waals surface area contributed by atoms with E-state index >= 15 is 0 Å². The van der Waals surface area contributed by atoms with Crippen LogP contribution in [-0.2, 0) is 9.59 Å². The zero-order valence-electron chi connectivity index (χ0n) is 12.5. The van der Waals surface area contributed by atoms with Gasteiger partial charge in [0.1, 0.15) is 5.54 Å². The molecule has 0 aromatic heterocycles. The van der Waals surface area contributed by atoms with Crippen molar-refractivity contribution < 1.29 is 14.7 Å². The molecule has 0 fully saturated rings. The normalized spacial score (nSPS) is 12.0. The van der Waals surface area contributed by atoms with Crippen LogP contribution in [0.3, 0.4) is 0 Å². The Bertz CT molecular complexity index is 287. The van der Waals surface area contributed by atoms with Crippen molar-refractivity contribution in [1.29, 1.82) is 0 Å². The van der Waals surface area contributed by atoms with Crippen LogP contribution < -0.4 is 0 Å². The predicted molar refractivity (Wildman–Crippen MR) is 72.3 cm³/mol. The van der Waals surface area contributed by atoms with Crippen LogP contribution >= 0.6 is 0 Å². The number of likely N-dealkylation sites (N-methyl/N-ethyl adjacent to an activating group) is 1. The number of hydrogen-bond donors (Lipinski definition) is 1. The van der Waals surface area contributed by atoms with Gasteiger partial charge < -0.3 is 10.0 Å². The average Bonchev–Trinajstić information content (AvgIpc) is 2.14.